The highest BCUT2D eigenvalue weighted by Crippen LogP contribution is 2.38. The maximum Gasteiger partial charge on any atom is 0.308 e. The quantitative estimate of drug-likeness (QED) is 0.167. The standard InChI is InChI=1S/C49H76N2O16/c1-30-15-13-11-9-7-5-3-4-6-8-10-12-14-16-36(66-48-46(61)45(50)41(59)29-64-48)25-42-44(47(62)51-28-32-17-18-32)40(58)27-49(63,67-42)26-35(54)23-39(57)37(55)20-19-33(52)22-34(53)24-43(60)65-31(2)21-38(30)56/h3-16,30-42,44-46,48,52-59,61,63H,17-29,50H2,1-2H3,(H,51,62)/b4-3+,7-5+,8-6+,11-9+,12-10+,15-13+,16-14+/t30-,31-,33?,34?,35?,36?,37?,38-,39?,40-,41+,42-,44+,45-,46-,48-,49?/m0/s1. The number of cyclic esters (lactones) is 1. The van der Waals surface area contributed by atoms with Gasteiger partial charge in [0.25, 0.3) is 0 Å². The maximum absolute atomic E-state index is 13.7. The van der Waals surface area contributed by atoms with Gasteiger partial charge in [0.2, 0.25) is 5.91 Å². The van der Waals surface area contributed by atoms with Crippen molar-refractivity contribution in [1.29, 1.82) is 0 Å². The fourth-order valence-electron chi connectivity index (χ4n) is 8.20. The largest absolute Gasteiger partial charge is 0.462 e. The van der Waals surface area contributed by atoms with Gasteiger partial charge in [-0.15, -0.1) is 0 Å². The molecule has 2 bridgehead atoms. The predicted molar refractivity (Wildman–Crippen MR) is 246 cm³/mol. The zero-order valence-corrected chi connectivity index (χ0v) is 38.6. The minimum atomic E-state index is -2.23. The first-order valence-electron chi connectivity index (χ1n) is 23.5. The van der Waals surface area contributed by atoms with E-state index in [1.54, 1.807) is 49.5 Å². The van der Waals surface area contributed by atoms with Gasteiger partial charge < -0.3 is 81.1 Å². The van der Waals surface area contributed by atoms with Crippen molar-refractivity contribution in [1.82, 2.24) is 5.32 Å². The Morgan fingerprint density at radius 3 is 1.94 bits per heavy atom. The third-order valence-electron chi connectivity index (χ3n) is 12.3. The number of carbonyl (C=O) groups is 2. The van der Waals surface area contributed by atoms with E-state index in [-0.39, 0.29) is 44.6 Å². The minimum Gasteiger partial charge on any atom is -0.462 e. The molecule has 7 unspecified atom stereocenters. The lowest BCUT2D eigenvalue weighted by atomic mass is 9.82. The van der Waals surface area contributed by atoms with Gasteiger partial charge in [-0.2, -0.15) is 0 Å². The van der Waals surface area contributed by atoms with Crippen LogP contribution in [0.25, 0.3) is 0 Å². The third kappa shape index (κ3) is 20.2. The molecule has 13 N–H and O–H groups in total. The highest BCUT2D eigenvalue weighted by atomic mass is 16.7. The third-order valence-corrected chi connectivity index (χ3v) is 12.3. The van der Waals surface area contributed by atoms with E-state index in [0.29, 0.717) is 12.5 Å². The van der Waals surface area contributed by atoms with Gasteiger partial charge >= 0.3 is 5.97 Å². The SMILES string of the molecule is C[C@H]1C[C@H](O)[C@@H](C)/C=C/C=C/C=C/C=C/C=C/C=C/C=C/C(O[C@@H]2OC[C@@H](O)[C@H](N)[C@@H]2O)C[C@@H]2OC(O)(CC(O)CC(O)C(O)CCC(O)CC(O)CC(=O)O1)C[C@H](O)[C@H]2C(=O)NCC1CC1. The van der Waals surface area contributed by atoms with Crippen LogP contribution in [0, 0.1) is 17.8 Å². The number of fused-ring (bicyclic) bond motifs is 2. The summed E-state index contributed by atoms with van der Waals surface area (Å²) in [6.07, 6.45) is 8.31. The summed E-state index contributed by atoms with van der Waals surface area (Å²) in [5.41, 5.74) is 6.01. The number of amides is 1. The van der Waals surface area contributed by atoms with E-state index in [1.807, 2.05) is 49.5 Å². The van der Waals surface area contributed by atoms with Crippen LogP contribution in [0.1, 0.15) is 84.5 Å². The molecule has 67 heavy (non-hydrogen) atoms. The average Bonchev–Trinajstić information content (AvgIpc) is 4.08. The molecular formula is C49H76N2O16. The van der Waals surface area contributed by atoms with Crippen molar-refractivity contribution >= 4 is 11.9 Å². The van der Waals surface area contributed by atoms with Crippen molar-refractivity contribution in [3.8, 4) is 0 Å². The van der Waals surface area contributed by atoms with E-state index < -0.39 is 135 Å². The van der Waals surface area contributed by atoms with Crippen molar-refractivity contribution in [2.24, 2.45) is 23.5 Å². The second kappa shape index (κ2) is 28.3. The van der Waals surface area contributed by atoms with E-state index in [4.69, 9.17) is 24.7 Å². The molecule has 0 aromatic heterocycles. The van der Waals surface area contributed by atoms with Gasteiger partial charge in [-0.1, -0.05) is 92.0 Å². The molecule has 1 aliphatic carbocycles. The summed E-state index contributed by atoms with van der Waals surface area (Å²) in [7, 11) is 0. The van der Waals surface area contributed by atoms with Crippen LogP contribution in [0.2, 0.25) is 0 Å². The van der Waals surface area contributed by atoms with Gasteiger partial charge in [0.1, 0.15) is 12.2 Å². The van der Waals surface area contributed by atoms with E-state index in [2.05, 4.69) is 5.32 Å². The molecule has 3 fully saturated rings. The summed E-state index contributed by atoms with van der Waals surface area (Å²) in [5.74, 6) is -4.62. The van der Waals surface area contributed by atoms with E-state index in [9.17, 15) is 60.7 Å². The fourth-order valence-corrected chi connectivity index (χ4v) is 8.20. The first-order valence-corrected chi connectivity index (χ1v) is 23.5. The van der Waals surface area contributed by atoms with E-state index in [0.717, 1.165) is 12.8 Å². The van der Waals surface area contributed by atoms with Crippen LogP contribution in [0.4, 0.5) is 0 Å². The maximum atomic E-state index is 13.7. The van der Waals surface area contributed by atoms with Crippen molar-refractivity contribution in [2.45, 2.75) is 176 Å². The molecule has 0 aromatic carbocycles. The van der Waals surface area contributed by atoms with Crippen LogP contribution in [0.5, 0.6) is 0 Å². The summed E-state index contributed by atoms with van der Waals surface area (Å²) >= 11 is 0. The van der Waals surface area contributed by atoms with Crippen LogP contribution in [-0.4, -0.2) is 167 Å². The van der Waals surface area contributed by atoms with Crippen molar-refractivity contribution in [3.63, 3.8) is 0 Å². The van der Waals surface area contributed by atoms with Gasteiger partial charge in [-0.05, 0) is 44.9 Å². The van der Waals surface area contributed by atoms with Crippen LogP contribution in [0.15, 0.2) is 85.1 Å². The number of aliphatic hydroxyl groups is 10. The number of esters is 1. The number of nitrogens with two attached hydrogens (primary N) is 1. The smallest absolute Gasteiger partial charge is 0.308 e. The molecule has 0 spiro atoms. The average molecular weight is 949 g/mol. The molecule has 4 aliphatic rings. The van der Waals surface area contributed by atoms with E-state index in [1.165, 1.54) is 0 Å². The Labute approximate surface area is 393 Å². The monoisotopic (exact) mass is 949 g/mol. The Balaban J connectivity index is 1.55. The number of carbonyl (C=O) groups excluding carboxylic acids is 2. The lowest BCUT2D eigenvalue weighted by Crippen LogP contribution is -2.59. The summed E-state index contributed by atoms with van der Waals surface area (Å²) in [6, 6.07) is -1.09. The molecule has 2 saturated heterocycles. The molecule has 4 rings (SSSR count). The summed E-state index contributed by atoms with van der Waals surface area (Å²) in [4.78, 5) is 26.2. The van der Waals surface area contributed by atoms with Crippen LogP contribution < -0.4 is 11.1 Å². The lowest BCUT2D eigenvalue weighted by molar-refractivity contribution is -0.304. The minimum absolute atomic E-state index is 0.0817. The summed E-state index contributed by atoms with van der Waals surface area (Å²) in [6.45, 7) is 3.62. The summed E-state index contributed by atoms with van der Waals surface area (Å²) < 4.78 is 23.3. The first-order chi connectivity index (χ1) is 31.8. The normalized spacial score (nSPS) is 43.3. The number of rotatable bonds is 5. The van der Waals surface area contributed by atoms with Crippen molar-refractivity contribution < 1.29 is 79.6 Å². The van der Waals surface area contributed by atoms with Gasteiger partial charge in [-0.3, -0.25) is 9.59 Å². The number of aliphatic hydroxyl groups excluding tert-OH is 9. The van der Waals surface area contributed by atoms with Crippen molar-refractivity contribution in [3.05, 3.63) is 85.1 Å². The topological polar surface area (TPSA) is 311 Å². The zero-order chi connectivity index (χ0) is 49.1. The number of ether oxygens (including phenoxy) is 4. The van der Waals surface area contributed by atoms with Gasteiger partial charge in [0.05, 0.1) is 86.0 Å². The Morgan fingerprint density at radius 2 is 1.31 bits per heavy atom. The molecule has 378 valence electrons. The highest BCUT2D eigenvalue weighted by molar-refractivity contribution is 5.80. The first kappa shape index (κ1) is 56.2. The summed E-state index contributed by atoms with van der Waals surface area (Å²) in [5, 5.41) is 112. The molecule has 1 saturated carbocycles. The van der Waals surface area contributed by atoms with Gasteiger partial charge in [0, 0.05) is 44.6 Å². The lowest BCUT2D eigenvalue weighted by Gasteiger charge is -2.45. The predicted octanol–water partition coefficient (Wildman–Crippen LogP) is 0.519. The Morgan fingerprint density at radius 1 is 0.701 bits per heavy atom. The number of hydrogen-bond acceptors (Lipinski definition) is 17. The Kier molecular flexibility index (Phi) is 23.7. The molecular weight excluding hydrogens is 873 g/mol. The number of allylic oxidation sites excluding steroid dienone is 12. The number of hydrogen-bond donors (Lipinski definition) is 12. The molecule has 0 aromatic rings. The molecule has 1 amide bonds. The van der Waals surface area contributed by atoms with E-state index >= 15 is 0 Å². The Hall–Kier alpha value is -3.44. The molecule has 17 atom stereocenters. The molecule has 3 heterocycles. The Bertz CT molecular complexity index is 1720. The second-order valence-corrected chi connectivity index (χ2v) is 18.5. The van der Waals surface area contributed by atoms with Crippen molar-refractivity contribution in [2.75, 3.05) is 13.2 Å². The van der Waals surface area contributed by atoms with Crippen LogP contribution >= 0.6 is 0 Å². The molecule has 3 aliphatic heterocycles. The molecule has 0 radical (unpaired) electrons. The van der Waals surface area contributed by atoms with Gasteiger partial charge in [0.15, 0.2) is 12.1 Å². The molecule has 18 heteroatoms. The van der Waals surface area contributed by atoms with Gasteiger partial charge in [-0.25, -0.2) is 0 Å². The second-order valence-electron chi connectivity index (χ2n) is 18.5. The van der Waals surface area contributed by atoms with Crippen LogP contribution in [-0.2, 0) is 28.5 Å². The number of nitrogens with one attached hydrogen (secondary N) is 1. The fraction of sp³-hybridized carbons (Fsp3) is 0.673. The zero-order valence-electron chi connectivity index (χ0n) is 38.6. The molecule has 18 nitrogen and oxygen atoms in total. The van der Waals surface area contributed by atoms with Crippen LogP contribution in [0.3, 0.4) is 0 Å². The highest BCUT2D eigenvalue weighted by Gasteiger charge is 2.50.